The average Bonchev–Trinajstić information content (AvgIpc) is 2.59. The maximum Gasteiger partial charge on any atom is 0.270 e. The van der Waals surface area contributed by atoms with Crippen molar-refractivity contribution in [1.29, 1.82) is 0 Å². The summed E-state index contributed by atoms with van der Waals surface area (Å²) in [6.45, 7) is 3.60. The summed E-state index contributed by atoms with van der Waals surface area (Å²) in [6, 6.07) is 9.49. The van der Waals surface area contributed by atoms with Crippen LogP contribution in [0.3, 0.4) is 0 Å². The van der Waals surface area contributed by atoms with Gasteiger partial charge in [0.25, 0.3) is 11.2 Å². The van der Waals surface area contributed by atoms with E-state index in [1.807, 2.05) is 26.0 Å². The van der Waals surface area contributed by atoms with Gasteiger partial charge in [-0.2, -0.15) is 0 Å². The first-order valence-corrected chi connectivity index (χ1v) is 7.86. The largest absolute Gasteiger partial charge is 0.324 e. The highest BCUT2D eigenvalue weighted by molar-refractivity contribution is 5.91. The predicted molar refractivity (Wildman–Crippen MR) is 97.2 cm³/mol. The van der Waals surface area contributed by atoms with E-state index in [-0.39, 0.29) is 23.5 Å². The van der Waals surface area contributed by atoms with Crippen molar-refractivity contribution >= 4 is 28.2 Å². The Kier molecular flexibility index (Phi) is 4.49. The lowest BCUT2D eigenvalue weighted by Crippen LogP contribution is -2.28. The zero-order chi connectivity index (χ0) is 18.8. The van der Waals surface area contributed by atoms with Crippen molar-refractivity contribution in [3.63, 3.8) is 0 Å². The Hall–Kier alpha value is -3.55. The molecule has 0 atom stereocenters. The molecule has 1 amide bonds. The van der Waals surface area contributed by atoms with Gasteiger partial charge >= 0.3 is 0 Å². The number of fused-ring (bicyclic) bond motifs is 1. The van der Waals surface area contributed by atoms with Gasteiger partial charge in [-0.3, -0.25) is 24.3 Å². The first kappa shape index (κ1) is 17.3. The summed E-state index contributed by atoms with van der Waals surface area (Å²) >= 11 is 0. The van der Waals surface area contributed by atoms with Crippen LogP contribution >= 0.6 is 0 Å². The SMILES string of the molecule is Cc1ccc(NC(=O)Cn2cnc3ccc([N+](=O)[O-])cc3c2=O)c(C)c1. The van der Waals surface area contributed by atoms with Crippen LogP contribution in [-0.4, -0.2) is 20.4 Å². The molecule has 0 bridgehead atoms. The Labute approximate surface area is 148 Å². The molecule has 8 heteroatoms. The number of anilines is 1. The first-order valence-electron chi connectivity index (χ1n) is 7.86. The molecule has 3 rings (SSSR count). The molecule has 132 valence electrons. The number of nitro benzene ring substituents is 1. The fraction of sp³-hybridized carbons (Fsp3) is 0.167. The third kappa shape index (κ3) is 3.44. The van der Waals surface area contributed by atoms with Crippen molar-refractivity contribution < 1.29 is 9.72 Å². The Morgan fingerprint density at radius 2 is 2.00 bits per heavy atom. The van der Waals surface area contributed by atoms with Gasteiger partial charge in [-0.05, 0) is 31.5 Å². The third-order valence-electron chi connectivity index (χ3n) is 3.99. The fourth-order valence-electron chi connectivity index (χ4n) is 2.67. The van der Waals surface area contributed by atoms with Crippen LogP contribution in [0.4, 0.5) is 11.4 Å². The molecule has 1 N–H and O–H groups in total. The van der Waals surface area contributed by atoms with Crippen LogP contribution in [0, 0.1) is 24.0 Å². The quantitative estimate of drug-likeness (QED) is 0.573. The van der Waals surface area contributed by atoms with Crippen molar-refractivity contribution in [3.8, 4) is 0 Å². The number of carbonyl (C=O) groups is 1. The first-order chi connectivity index (χ1) is 12.3. The Balaban J connectivity index is 1.88. The molecule has 2 aromatic carbocycles. The molecule has 0 aliphatic heterocycles. The minimum absolute atomic E-state index is 0.0982. The summed E-state index contributed by atoms with van der Waals surface area (Å²) in [6.07, 6.45) is 1.26. The lowest BCUT2D eigenvalue weighted by Gasteiger charge is -2.10. The number of benzene rings is 2. The van der Waals surface area contributed by atoms with E-state index in [0.29, 0.717) is 11.2 Å². The van der Waals surface area contributed by atoms with Gasteiger partial charge in [0.05, 0.1) is 22.2 Å². The fourth-order valence-corrected chi connectivity index (χ4v) is 2.67. The molecule has 8 nitrogen and oxygen atoms in total. The highest BCUT2D eigenvalue weighted by Gasteiger charge is 2.13. The van der Waals surface area contributed by atoms with Crippen LogP contribution in [0.1, 0.15) is 11.1 Å². The topological polar surface area (TPSA) is 107 Å². The Morgan fingerprint density at radius 1 is 1.23 bits per heavy atom. The van der Waals surface area contributed by atoms with E-state index in [1.54, 1.807) is 6.07 Å². The molecule has 0 aliphatic carbocycles. The number of non-ortho nitro benzene ring substituents is 1. The highest BCUT2D eigenvalue weighted by atomic mass is 16.6. The van der Waals surface area contributed by atoms with E-state index >= 15 is 0 Å². The lowest BCUT2D eigenvalue weighted by atomic mass is 10.1. The lowest BCUT2D eigenvalue weighted by molar-refractivity contribution is -0.384. The number of carbonyl (C=O) groups excluding carboxylic acids is 1. The Bertz CT molecular complexity index is 1090. The summed E-state index contributed by atoms with van der Waals surface area (Å²) < 4.78 is 1.13. The van der Waals surface area contributed by atoms with Crippen molar-refractivity contribution in [2.45, 2.75) is 20.4 Å². The van der Waals surface area contributed by atoms with Gasteiger partial charge in [0.15, 0.2) is 0 Å². The van der Waals surface area contributed by atoms with Crippen LogP contribution in [-0.2, 0) is 11.3 Å². The van der Waals surface area contributed by atoms with Crippen LogP contribution in [0.15, 0.2) is 47.5 Å². The molecule has 0 saturated heterocycles. The van der Waals surface area contributed by atoms with E-state index in [2.05, 4.69) is 10.3 Å². The second-order valence-electron chi connectivity index (χ2n) is 6.00. The van der Waals surface area contributed by atoms with Crippen molar-refractivity contribution in [2.24, 2.45) is 0 Å². The molecule has 0 radical (unpaired) electrons. The molecule has 1 heterocycles. The molecule has 0 fully saturated rings. The third-order valence-corrected chi connectivity index (χ3v) is 3.99. The summed E-state index contributed by atoms with van der Waals surface area (Å²) in [5.41, 5.74) is 2.29. The van der Waals surface area contributed by atoms with Gasteiger partial charge < -0.3 is 5.32 Å². The monoisotopic (exact) mass is 352 g/mol. The normalized spacial score (nSPS) is 10.7. The van der Waals surface area contributed by atoms with Crippen molar-refractivity contribution in [1.82, 2.24) is 9.55 Å². The minimum Gasteiger partial charge on any atom is -0.324 e. The van der Waals surface area contributed by atoms with E-state index in [0.717, 1.165) is 15.7 Å². The molecule has 0 saturated carbocycles. The van der Waals surface area contributed by atoms with E-state index in [9.17, 15) is 19.7 Å². The van der Waals surface area contributed by atoms with Gasteiger partial charge in [0, 0.05) is 17.8 Å². The van der Waals surface area contributed by atoms with Crippen LogP contribution < -0.4 is 10.9 Å². The number of aryl methyl sites for hydroxylation is 2. The number of nitrogens with zero attached hydrogens (tertiary/aromatic N) is 3. The number of nitro groups is 1. The number of nitrogens with one attached hydrogen (secondary N) is 1. The van der Waals surface area contributed by atoms with E-state index in [1.165, 1.54) is 24.5 Å². The van der Waals surface area contributed by atoms with E-state index in [4.69, 9.17) is 0 Å². The predicted octanol–water partition coefficient (Wildman–Crippen LogP) is 2.56. The number of hydrogen-bond acceptors (Lipinski definition) is 5. The zero-order valence-corrected chi connectivity index (χ0v) is 14.2. The summed E-state index contributed by atoms with van der Waals surface area (Å²) in [5.74, 6) is -0.384. The van der Waals surface area contributed by atoms with Crippen molar-refractivity contribution in [2.75, 3.05) is 5.32 Å². The standard InChI is InChI=1S/C18H16N4O4/c1-11-3-5-15(12(2)7-11)20-17(23)9-21-10-19-16-6-4-13(22(25)26)8-14(16)18(21)24/h3-8,10H,9H2,1-2H3,(H,20,23). The van der Waals surface area contributed by atoms with Gasteiger partial charge in [0.2, 0.25) is 5.91 Å². The number of rotatable bonds is 4. The van der Waals surface area contributed by atoms with Crippen LogP contribution in [0.5, 0.6) is 0 Å². The molecule has 0 unspecified atom stereocenters. The molecule has 0 spiro atoms. The number of hydrogen-bond donors (Lipinski definition) is 1. The molecule has 0 aliphatic rings. The smallest absolute Gasteiger partial charge is 0.270 e. The molecule has 1 aromatic heterocycles. The summed E-state index contributed by atoms with van der Waals surface area (Å²) in [7, 11) is 0. The van der Waals surface area contributed by atoms with Gasteiger partial charge in [-0.1, -0.05) is 17.7 Å². The Morgan fingerprint density at radius 3 is 2.69 bits per heavy atom. The number of aromatic nitrogens is 2. The highest BCUT2D eigenvalue weighted by Crippen LogP contribution is 2.17. The average molecular weight is 352 g/mol. The molecule has 26 heavy (non-hydrogen) atoms. The molecular formula is C18H16N4O4. The van der Waals surface area contributed by atoms with Crippen LogP contribution in [0.25, 0.3) is 10.9 Å². The maximum absolute atomic E-state index is 12.5. The van der Waals surface area contributed by atoms with Crippen molar-refractivity contribution in [3.05, 3.63) is 74.3 Å². The second kappa shape index (κ2) is 6.75. The summed E-state index contributed by atoms with van der Waals surface area (Å²) in [5, 5.41) is 13.7. The number of amides is 1. The zero-order valence-electron chi connectivity index (χ0n) is 14.2. The molecule has 3 aromatic rings. The molecular weight excluding hydrogens is 336 g/mol. The summed E-state index contributed by atoms with van der Waals surface area (Å²) in [4.78, 5) is 39.2. The van der Waals surface area contributed by atoms with Gasteiger partial charge in [0.1, 0.15) is 6.54 Å². The van der Waals surface area contributed by atoms with Gasteiger partial charge in [-0.25, -0.2) is 4.98 Å². The van der Waals surface area contributed by atoms with Crippen LogP contribution in [0.2, 0.25) is 0 Å². The van der Waals surface area contributed by atoms with Gasteiger partial charge in [-0.15, -0.1) is 0 Å². The second-order valence-corrected chi connectivity index (χ2v) is 6.00. The maximum atomic E-state index is 12.5. The van der Waals surface area contributed by atoms with E-state index < -0.39 is 10.5 Å². The minimum atomic E-state index is -0.580.